The molecule has 0 saturated carbocycles. The zero-order valence-corrected chi connectivity index (χ0v) is 21.1. The molecule has 0 bridgehead atoms. The van der Waals surface area contributed by atoms with Gasteiger partial charge < -0.3 is 19.1 Å². The highest BCUT2D eigenvalue weighted by molar-refractivity contribution is 7.52. The molecule has 1 saturated heterocycles. The summed E-state index contributed by atoms with van der Waals surface area (Å²) in [6.45, 7) is 3.93. The van der Waals surface area contributed by atoms with E-state index >= 15 is 4.39 Å². The number of aromatic amines is 1. The van der Waals surface area contributed by atoms with Crippen molar-refractivity contribution in [3.8, 4) is 5.75 Å². The summed E-state index contributed by atoms with van der Waals surface area (Å²) >= 11 is 5.85. The number of halogens is 2. The molecule has 1 aliphatic heterocycles. The van der Waals surface area contributed by atoms with E-state index in [9.17, 15) is 24.1 Å². The van der Waals surface area contributed by atoms with Crippen LogP contribution in [-0.2, 0) is 23.4 Å². The number of ether oxygens (including phenoxy) is 2. The molecule has 0 radical (unpaired) electrons. The Bertz CT molecular complexity index is 1220. The van der Waals surface area contributed by atoms with Gasteiger partial charge in [0, 0.05) is 12.3 Å². The van der Waals surface area contributed by atoms with Crippen LogP contribution in [0.25, 0.3) is 0 Å². The molecule has 0 unspecified atom stereocenters. The monoisotopic (exact) mass is 549 g/mol. The number of alkyl halides is 2. The zero-order chi connectivity index (χ0) is 26.7. The molecule has 1 aliphatic rings. The highest BCUT2D eigenvalue weighted by atomic mass is 35.5. The predicted octanol–water partition coefficient (Wildman–Crippen LogP) is 1.83. The molecular weight excluding hydrogens is 524 g/mol. The van der Waals surface area contributed by atoms with Crippen LogP contribution in [-0.4, -0.2) is 56.7 Å². The summed E-state index contributed by atoms with van der Waals surface area (Å²) in [7, 11) is -4.35. The van der Waals surface area contributed by atoms with Gasteiger partial charge in [-0.05, 0) is 32.9 Å². The quantitative estimate of drug-likeness (QED) is 0.227. The van der Waals surface area contributed by atoms with Crippen molar-refractivity contribution in [3.05, 3.63) is 63.4 Å². The Morgan fingerprint density at radius 1 is 1.31 bits per heavy atom. The van der Waals surface area contributed by atoms with E-state index in [0.29, 0.717) is 4.57 Å². The second-order valence-electron chi connectivity index (χ2n) is 8.20. The van der Waals surface area contributed by atoms with Gasteiger partial charge in [0.05, 0.1) is 12.7 Å². The molecule has 6 atom stereocenters. The minimum Gasteiger partial charge on any atom is -0.462 e. The molecule has 2 heterocycles. The first-order valence-electron chi connectivity index (χ1n) is 10.8. The lowest BCUT2D eigenvalue weighted by Gasteiger charge is -2.25. The molecule has 1 fully saturated rings. The van der Waals surface area contributed by atoms with Gasteiger partial charge in [-0.3, -0.25) is 23.7 Å². The molecule has 0 spiro atoms. The highest BCUT2D eigenvalue weighted by Gasteiger charge is 2.58. The van der Waals surface area contributed by atoms with Crippen molar-refractivity contribution < 1.29 is 37.4 Å². The largest absolute Gasteiger partial charge is 0.462 e. The summed E-state index contributed by atoms with van der Waals surface area (Å²) in [5.41, 5.74) is -1.76. The van der Waals surface area contributed by atoms with Crippen LogP contribution >= 0.6 is 19.3 Å². The van der Waals surface area contributed by atoms with Gasteiger partial charge in [0.1, 0.15) is 24.0 Å². The molecule has 2 aromatic rings. The molecule has 1 aromatic carbocycles. The number of esters is 1. The van der Waals surface area contributed by atoms with Gasteiger partial charge in [0.15, 0.2) is 6.23 Å². The maximum atomic E-state index is 15.2. The fourth-order valence-electron chi connectivity index (χ4n) is 3.22. The van der Waals surface area contributed by atoms with Crippen molar-refractivity contribution in [2.75, 3.05) is 6.61 Å². The van der Waals surface area contributed by atoms with Crippen LogP contribution in [0.3, 0.4) is 0 Å². The number of aliphatic hydroxyl groups excluding tert-OH is 1. The smallest absolute Gasteiger partial charge is 0.459 e. The van der Waals surface area contributed by atoms with E-state index in [1.54, 1.807) is 32.0 Å². The van der Waals surface area contributed by atoms with E-state index in [2.05, 4.69) is 5.09 Å². The van der Waals surface area contributed by atoms with Gasteiger partial charge in [-0.25, -0.2) is 13.8 Å². The number of carbonyl (C=O) groups excluding carboxylic acids is 1. The number of carbonyl (C=O) groups is 1. The number of nitrogens with one attached hydrogen (secondary N) is 2. The third-order valence-electron chi connectivity index (χ3n) is 4.92. The molecule has 198 valence electrons. The van der Waals surface area contributed by atoms with Crippen LogP contribution in [0.1, 0.15) is 27.0 Å². The Kier molecular flexibility index (Phi) is 8.75. The van der Waals surface area contributed by atoms with Gasteiger partial charge in [0.25, 0.3) is 10.7 Å². The lowest BCUT2D eigenvalue weighted by molar-refractivity contribution is -0.149. The average molecular weight is 550 g/mol. The molecule has 3 rings (SSSR count). The third kappa shape index (κ3) is 6.61. The van der Waals surface area contributed by atoms with Crippen LogP contribution in [0, 0.1) is 0 Å². The molecule has 15 heteroatoms. The SMILES string of the molecule is CC(C)OC(=O)[C@H](C)N[P@@](=O)(OC[C@H]1O[C@@H](n2ccc(=O)[nH]c2=O)[C@@](F)(Cl)[C@@H]1O)Oc1ccccc1. The number of aliphatic hydroxyl groups is 1. The fourth-order valence-corrected chi connectivity index (χ4v) is 5.02. The Morgan fingerprint density at radius 3 is 2.58 bits per heavy atom. The van der Waals surface area contributed by atoms with Crippen LogP contribution < -0.4 is 20.9 Å². The van der Waals surface area contributed by atoms with Crippen molar-refractivity contribution in [2.24, 2.45) is 0 Å². The molecule has 12 nitrogen and oxygen atoms in total. The number of hydrogen-bond acceptors (Lipinski definition) is 9. The van der Waals surface area contributed by atoms with E-state index in [1.807, 2.05) is 4.98 Å². The Balaban J connectivity index is 1.80. The van der Waals surface area contributed by atoms with Crippen molar-refractivity contribution in [1.82, 2.24) is 14.6 Å². The zero-order valence-electron chi connectivity index (χ0n) is 19.5. The van der Waals surface area contributed by atoms with Crippen LogP contribution in [0.5, 0.6) is 5.75 Å². The van der Waals surface area contributed by atoms with Gasteiger partial charge in [-0.15, -0.1) is 0 Å². The number of benzene rings is 1. The first-order chi connectivity index (χ1) is 16.8. The molecule has 0 aliphatic carbocycles. The third-order valence-corrected chi connectivity index (χ3v) is 6.97. The maximum Gasteiger partial charge on any atom is 0.459 e. The normalized spacial score (nSPS) is 26.4. The van der Waals surface area contributed by atoms with Gasteiger partial charge in [-0.2, -0.15) is 5.09 Å². The lowest BCUT2D eigenvalue weighted by Crippen LogP contribution is -2.42. The number of aromatic nitrogens is 2. The average Bonchev–Trinajstić information content (AvgIpc) is 3.01. The Morgan fingerprint density at radius 2 is 1.97 bits per heavy atom. The van der Waals surface area contributed by atoms with Crippen LogP contribution in [0.4, 0.5) is 4.39 Å². The molecular formula is C21H26ClFN3O9P. The van der Waals surface area contributed by atoms with Gasteiger partial charge in [-0.1, -0.05) is 29.8 Å². The molecule has 3 N–H and O–H groups in total. The van der Waals surface area contributed by atoms with Gasteiger partial charge in [0.2, 0.25) is 0 Å². The van der Waals surface area contributed by atoms with Crippen LogP contribution in [0.2, 0.25) is 0 Å². The second-order valence-corrected chi connectivity index (χ2v) is 10.5. The number of para-hydroxylation sites is 1. The van der Waals surface area contributed by atoms with Crippen molar-refractivity contribution >= 4 is 25.3 Å². The lowest BCUT2D eigenvalue weighted by atomic mass is 10.1. The van der Waals surface area contributed by atoms with E-state index in [4.69, 9.17) is 30.1 Å². The predicted molar refractivity (Wildman–Crippen MR) is 125 cm³/mol. The molecule has 36 heavy (non-hydrogen) atoms. The topological polar surface area (TPSA) is 158 Å². The summed E-state index contributed by atoms with van der Waals surface area (Å²) in [5, 5.41) is 9.86. The summed E-state index contributed by atoms with van der Waals surface area (Å²) in [4.78, 5) is 37.6. The fraction of sp³-hybridized carbons (Fsp3) is 0.476. The number of nitrogens with zero attached hydrogens (tertiary/aromatic N) is 1. The van der Waals surface area contributed by atoms with Crippen molar-refractivity contribution in [1.29, 1.82) is 0 Å². The minimum absolute atomic E-state index is 0.125. The number of rotatable bonds is 10. The second kappa shape index (κ2) is 11.2. The van der Waals surface area contributed by atoms with E-state index in [0.717, 1.165) is 12.3 Å². The Labute approximate surface area is 209 Å². The Hall–Kier alpha value is -2.54. The summed E-state index contributed by atoms with van der Waals surface area (Å²) in [6, 6.07) is 7.68. The number of hydrogen-bond donors (Lipinski definition) is 3. The van der Waals surface area contributed by atoms with E-state index < -0.39 is 67.3 Å². The van der Waals surface area contributed by atoms with Crippen molar-refractivity contribution in [3.63, 3.8) is 0 Å². The highest BCUT2D eigenvalue weighted by Crippen LogP contribution is 2.48. The number of H-pyrrole nitrogens is 1. The first kappa shape index (κ1) is 28.0. The first-order valence-corrected chi connectivity index (χ1v) is 12.7. The summed E-state index contributed by atoms with van der Waals surface area (Å²) < 4.78 is 50.8. The van der Waals surface area contributed by atoms with Crippen molar-refractivity contribution in [2.45, 2.75) is 56.5 Å². The summed E-state index contributed by atoms with van der Waals surface area (Å²) in [5.74, 6) is -0.607. The van der Waals surface area contributed by atoms with Gasteiger partial charge >= 0.3 is 19.4 Å². The maximum absolute atomic E-state index is 15.2. The van der Waals surface area contributed by atoms with Crippen LogP contribution in [0.15, 0.2) is 52.2 Å². The van der Waals surface area contributed by atoms with E-state index in [-0.39, 0.29) is 5.75 Å². The molecule has 1 aromatic heterocycles. The molecule has 0 amide bonds. The van der Waals surface area contributed by atoms with E-state index in [1.165, 1.54) is 19.1 Å². The minimum atomic E-state index is -4.35. The summed E-state index contributed by atoms with van der Waals surface area (Å²) in [6.07, 6.45) is -4.91. The standard InChI is InChI=1S/C21H26ClFN3O9P/c1-12(2)33-18(29)13(3)25-36(31,35-14-7-5-4-6-8-14)32-11-15-17(28)21(22,23)19(34-15)26-10-9-16(27)24-20(26)30/h4-10,12-13,15,17,19,28H,11H2,1-3H3,(H,25,31)(H,24,27,30)/t13-,15+,17+,19+,21+,36+/m0/s1.